The summed E-state index contributed by atoms with van der Waals surface area (Å²) in [6, 6.07) is 14.4. The lowest BCUT2D eigenvalue weighted by Gasteiger charge is -2.23. The number of amides is 1. The Hall–Kier alpha value is -3.08. The van der Waals surface area contributed by atoms with Gasteiger partial charge >= 0.3 is 0 Å². The first-order chi connectivity index (χ1) is 13.9. The second kappa shape index (κ2) is 8.52. The maximum atomic E-state index is 13.3. The van der Waals surface area contributed by atoms with Crippen LogP contribution in [0.4, 0.5) is 5.69 Å². The molecule has 0 bridgehead atoms. The number of para-hydroxylation sites is 2. The highest BCUT2D eigenvalue weighted by Gasteiger charge is 2.24. The number of carbonyl (C=O) groups excluding carboxylic acids is 1. The van der Waals surface area contributed by atoms with Crippen LogP contribution in [0.3, 0.4) is 0 Å². The molecule has 1 N–H and O–H groups in total. The molecule has 1 amide bonds. The highest BCUT2D eigenvalue weighted by molar-refractivity contribution is 5.96. The molecule has 0 fully saturated rings. The van der Waals surface area contributed by atoms with Gasteiger partial charge in [0.1, 0.15) is 11.8 Å². The van der Waals surface area contributed by atoms with Gasteiger partial charge in [-0.25, -0.2) is 0 Å². The van der Waals surface area contributed by atoms with Crippen molar-refractivity contribution in [3.8, 4) is 5.75 Å². The van der Waals surface area contributed by atoms with Gasteiger partial charge in [0.2, 0.25) is 5.91 Å². The highest BCUT2D eigenvalue weighted by atomic mass is 16.5. The lowest BCUT2D eigenvalue weighted by molar-refractivity contribution is -0.119. The average Bonchev–Trinajstić information content (AvgIpc) is 2.70. The summed E-state index contributed by atoms with van der Waals surface area (Å²) >= 11 is 0. The predicted molar refractivity (Wildman–Crippen MR) is 118 cm³/mol. The number of hydrogen-bond donors (Lipinski definition) is 1. The molecule has 1 aromatic heterocycles. The number of hydrogen-bond acceptors (Lipinski definition) is 3. The number of aromatic nitrogens is 1. The molecular weight excluding hydrogens is 364 g/mol. The number of pyridine rings is 1. The molecule has 0 spiro atoms. The Labute approximate surface area is 171 Å². The number of nitrogens with zero attached hydrogens (tertiary/aromatic N) is 1. The third-order valence-electron chi connectivity index (χ3n) is 5.30. The number of carbonyl (C=O) groups is 1. The van der Waals surface area contributed by atoms with Crippen LogP contribution in [-0.2, 0) is 4.79 Å². The first kappa shape index (κ1) is 20.6. The second-order valence-corrected chi connectivity index (χ2v) is 7.55. The van der Waals surface area contributed by atoms with E-state index in [0.29, 0.717) is 17.7 Å². The van der Waals surface area contributed by atoms with Crippen molar-refractivity contribution >= 4 is 22.5 Å². The van der Waals surface area contributed by atoms with Gasteiger partial charge in [0.05, 0.1) is 12.6 Å². The van der Waals surface area contributed by atoms with Gasteiger partial charge in [-0.2, -0.15) is 0 Å². The van der Waals surface area contributed by atoms with E-state index in [4.69, 9.17) is 4.74 Å². The zero-order valence-electron chi connectivity index (χ0n) is 17.7. The van der Waals surface area contributed by atoms with Crippen LogP contribution in [0.15, 0.2) is 53.3 Å². The number of anilines is 1. The van der Waals surface area contributed by atoms with Crippen molar-refractivity contribution in [3.63, 3.8) is 0 Å². The average molecular weight is 392 g/mol. The van der Waals surface area contributed by atoms with Gasteiger partial charge < -0.3 is 10.1 Å². The van der Waals surface area contributed by atoms with E-state index in [1.165, 1.54) is 0 Å². The number of aryl methyl sites for hydroxylation is 1. The molecule has 5 heteroatoms. The number of benzene rings is 2. The van der Waals surface area contributed by atoms with E-state index in [1.54, 1.807) is 17.7 Å². The maximum Gasteiger partial charge on any atom is 0.252 e. The van der Waals surface area contributed by atoms with E-state index in [1.807, 2.05) is 56.3 Å². The monoisotopic (exact) mass is 392 g/mol. The molecule has 29 heavy (non-hydrogen) atoms. The molecule has 152 valence electrons. The van der Waals surface area contributed by atoms with Crippen LogP contribution in [0.2, 0.25) is 0 Å². The van der Waals surface area contributed by atoms with Crippen LogP contribution < -0.4 is 15.6 Å². The molecule has 3 aromatic rings. The van der Waals surface area contributed by atoms with Gasteiger partial charge in [-0.3, -0.25) is 14.2 Å². The molecule has 5 nitrogen and oxygen atoms in total. The zero-order chi connectivity index (χ0) is 21.1. The molecule has 1 heterocycles. The fourth-order valence-corrected chi connectivity index (χ4v) is 3.82. The van der Waals surface area contributed by atoms with Gasteiger partial charge in [-0.05, 0) is 42.5 Å². The van der Waals surface area contributed by atoms with Gasteiger partial charge in [0.15, 0.2) is 0 Å². The van der Waals surface area contributed by atoms with E-state index < -0.39 is 6.04 Å². The lowest BCUT2D eigenvalue weighted by Crippen LogP contribution is -2.33. The molecule has 2 aromatic carbocycles. The molecular formula is C24H28N2O3. The summed E-state index contributed by atoms with van der Waals surface area (Å²) in [6.45, 7) is 7.98. The smallest absolute Gasteiger partial charge is 0.252 e. The van der Waals surface area contributed by atoms with Crippen molar-refractivity contribution in [2.75, 3.05) is 12.4 Å². The Balaban J connectivity index is 2.13. The summed E-state index contributed by atoms with van der Waals surface area (Å²) in [7, 11) is 1.58. The summed E-state index contributed by atoms with van der Waals surface area (Å²) in [5.74, 6) is 0.644. The number of ether oxygens (including phenoxy) is 1. The Bertz CT molecular complexity index is 1100. The van der Waals surface area contributed by atoms with E-state index in [9.17, 15) is 9.59 Å². The minimum Gasteiger partial charge on any atom is -0.495 e. The SMILES string of the molecule is CCC(C(=O)Nc1ccccc1C(C)C)n1c(=O)cc(C)c2cccc(OC)c21. The normalized spacial score (nSPS) is 12.2. The Morgan fingerprint density at radius 2 is 1.86 bits per heavy atom. The number of rotatable bonds is 6. The van der Waals surface area contributed by atoms with Crippen molar-refractivity contribution in [2.45, 2.75) is 46.1 Å². The standard InChI is InChI=1S/C24H28N2O3/c1-6-20(24(28)25-19-12-8-7-10-17(19)15(2)3)26-22(27)14-16(4)18-11-9-13-21(29-5)23(18)26/h7-15,20H,6H2,1-5H3,(H,25,28). The minimum atomic E-state index is -0.651. The number of nitrogens with one attached hydrogen (secondary N) is 1. The third-order valence-corrected chi connectivity index (χ3v) is 5.30. The van der Waals surface area contributed by atoms with Crippen LogP contribution in [0.1, 0.15) is 50.3 Å². The second-order valence-electron chi connectivity index (χ2n) is 7.55. The fraction of sp³-hybridized carbons (Fsp3) is 0.333. The van der Waals surface area contributed by atoms with E-state index in [2.05, 4.69) is 19.2 Å². The zero-order valence-corrected chi connectivity index (χ0v) is 17.7. The Morgan fingerprint density at radius 3 is 2.52 bits per heavy atom. The van der Waals surface area contributed by atoms with Crippen molar-refractivity contribution in [3.05, 3.63) is 70.0 Å². The fourth-order valence-electron chi connectivity index (χ4n) is 3.82. The van der Waals surface area contributed by atoms with E-state index >= 15 is 0 Å². The summed E-state index contributed by atoms with van der Waals surface area (Å²) < 4.78 is 7.09. The van der Waals surface area contributed by atoms with Crippen LogP contribution in [-0.4, -0.2) is 17.6 Å². The van der Waals surface area contributed by atoms with Gasteiger partial charge in [-0.1, -0.05) is 51.1 Å². The lowest BCUT2D eigenvalue weighted by atomic mass is 10.0. The van der Waals surface area contributed by atoms with Crippen LogP contribution in [0.25, 0.3) is 10.9 Å². The van der Waals surface area contributed by atoms with Crippen molar-refractivity contribution in [2.24, 2.45) is 0 Å². The van der Waals surface area contributed by atoms with Crippen molar-refractivity contribution in [1.29, 1.82) is 0 Å². The minimum absolute atomic E-state index is 0.209. The summed E-state index contributed by atoms with van der Waals surface area (Å²) in [5, 5.41) is 3.95. The third kappa shape index (κ3) is 3.90. The molecule has 0 aliphatic heterocycles. The Morgan fingerprint density at radius 1 is 1.14 bits per heavy atom. The number of fused-ring (bicyclic) bond motifs is 1. The van der Waals surface area contributed by atoms with Gasteiger partial charge in [0.25, 0.3) is 5.56 Å². The Kier molecular flexibility index (Phi) is 6.06. The summed E-state index contributed by atoms with van der Waals surface area (Å²) in [5.41, 5.74) is 3.15. The number of methoxy groups -OCH3 is 1. The molecule has 0 aliphatic carbocycles. The van der Waals surface area contributed by atoms with Crippen LogP contribution in [0, 0.1) is 6.92 Å². The molecule has 0 aliphatic rings. The largest absolute Gasteiger partial charge is 0.495 e. The quantitative estimate of drug-likeness (QED) is 0.640. The summed E-state index contributed by atoms with van der Waals surface area (Å²) in [6.07, 6.45) is 0.478. The summed E-state index contributed by atoms with van der Waals surface area (Å²) in [4.78, 5) is 26.3. The van der Waals surface area contributed by atoms with E-state index in [0.717, 1.165) is 22.2 Å². The van der Waals surface area contributed by atoms with Gasteiger partial charge in [0, 0.05) is 17.1 Å². The topological polar surface area (TPSA) is 60.3 Å². The molecule has 1 atom stereocenters. The molecule has 0 saturated heterocycles. The van der Waals surface area contributed by atoms with Crippen LogP contribution in [0.5, 0.6) is 5.75 Å². The highest BCUT2D eigenvalue weighted by Crippen LogP contribution is 2.30. The van der Waals surface area contributed by atoms with Crippen LogP contribution >= 0.6 is 0 Å². The molecule has 0 radical (unpaired) electrons. The first-order valence-corrected chi connectivity index (χ1v) is 9.97. The predicted octanol–water partition coefficient (Wildman–Crippen LogP) is 5.03. The van der Waals surface area contributed by atoms with E-state index in [-0.39, 0.29) is 17.4 Å². The van der Waals surface area contributed by atoms with Crippen molar-refractivity contribution in [1.82, 2.24) is 4.57 Å². The molecule has 3 rings (SSSR count). The molecule has 0 saturated carbocycles. The maximum absolute atomic E-state index is 13.3. The van der Waals surface area contributed by atoms with Gasteiger partial charge in [-0.15, -0.1) is 0 Å². The first-order valence-electron chi connectivity index (χ1n) is 9.97. The molecule has 1 unspecified atom stereocenters. The van der Waals surface area contributed by atoms with Crippen molar-refractivity contribution < 1.29 is 9.53 Å².